The molecule has 2 N–H and O–H groups in total. The van der Waals surface area contributed by atoms with Crippen LogP contribution in [0.5, 0.6) is 0 Å². The van der Waals surface area contributed by atoms with E-state index < -0.39 is 0 Å². The molecule has 1 aromatic carbocycles. The topological polar surface area (TPSA) is 32.5 Å². The van der Waals surface area contributed by atoms with E-state index in [0.717, 1.165) is 37.6 Å². The van der Waals surface area contributed by atoms with Gasteiger partial charge in [0.2, 0.25) is 0 Å². The van der Waals surface area contributed by atoms with Crippen LogP contribution in [0.25, 0.3) is 0 Å². The van der Waals surface area contributed by atoms with Crippen LogP contribution >= 0.6 is 0 Å². The van der Waals surface area contributed by atoms with Crippen molar-refractivity contribution < 1.29 is 0 Å². The molecule has 1 aromatic rings. The van der Waals surface area contributed by atoms with Crippen LogP contribution in [-0.2, 0) is 0 Å². The maximum Gasteiger partial charge on any atom is 0.0601 e. The number of nitrogens with zero attached hydrogens (tertiary/aromatic N) is 2. The van der Waals surface area contributed by atoms with Crippen molar-refractivity contribution in [2.75, 3.05) is 43.9 Å². The van der Waals surface area contributed by atoms with E-state index in [1.165, 1.54) is 0 Å². The Bertz CT molecular complexity index is 303. The molecule has 1 aliphatic rings. The second kappa shape index (κ2) is 3.88. The minimum Gasteiger partial charge on any atom is -0.397 e. The lowest BCUT2D eigenvalue weighted by Gasteiger charge is -2.34. The van der Waals surface area contributed by atoms with E-state index in [1.807, 2.05) is 18.2 Å². The van der Waals surface area contributed by atoms with Crippen molar-refractivity contribution in [1.82, 2.24) is 4.90 Å². The average molecular weight is 190 g/mol. The molecule has 1 aliphatic heterocycles. The molecular weight excluding hydrogens is 174 g/mol. The van der Waals surface area contributed by atoms with Gasteiger partial charge in [-0.25, -0.2) is 0 Å². The van der Waals surface area contributed by atoms with Crippen molar-refractivity contribution >= 4 is 11.4 Å². The van der Waals surface area contributed by atoms with Gasteiger partial charge in [-0.3, -0.25) is 0 Å². The summed E-state index contributed by atoms with van der Waals surface area (Å²) in [6, 6.07) is 8.79. The van der Waals surface area contributed by atoms with Gasteiger partial charge in [0, 0.05) is 26.2 Å². The second-order valence-electron chi connectivity index (χ2n) is 3.78. The summed E-state index contributed by atoms with van der Waals surface area (Å²) in [4.78, 5) is 4.67. The molecule has 2 rings (SSSR count). The van der Waals surface area contributed by atoms with Gasteiger partial charge in [0.25, 0.3) is 0 Å². The smallest absolute Gasteiger partial charge is 0.0601 e. The summed E-state index contributed by atoms with van der Waals surface area (Å²) in [5.74, 6) is 0. The zero-order valence-corrected chi connectivity index (χ0v) is 8.53. The van der Waals surface area contributed by atoms with Crippen molar-refractivity contribution in [3.63, 3.8) is 0 Å². The van der Waals surface area contributed by atoms with Gasteiger partial charge in [0.15, 0.2) is 0 Å². The van der Waals surface area contributed by atoms with Gasteiger partial charge in [-0.1, -0.05) is 6.07 Å². The van der Waals surface area contributed by atoms with Crippen LogP contribution in [0.1, 0.15) is 0 Å². The van der Waals surface area contributed by atoms with Crippen LogP contribution < -0.4 is 10.6 Å². The number of hydrogen-bond acceptors (Lipinski definition) is 3. The van der Waals surface area contributed by atoms with E-state index in [1.54, 1.807) is 0 Å². The van der Waals surface area contributed by atoms with Gasteiger partial charge in [-0.2, -0.15) is 0 Å². The van der Waals surface area contributed by atoms with E-state index >= 15 is 0 Å². The summed E-state index contributed by atoms with van der Waals surface area (Å²) in [6.07, 6.45) is 0. The number of hydrogen-bond donors (Lipinski definition) is 1. The molecule has 3 nitrogen and oxygen atoms in total. The monoisotopic (exact) mass is 190 g/mol. The van der Waals surface area contributed by atoms with Crippen LogP contribution in [0.3, 0.4) is 0 Å². The van der Waals surface area contributed by atoms with Crippen LogP contribution in [-0.4, -0.2) is 38.1 Å². The molecule has 3 heteroatoms. The molecule has 0 amide bonds. The molecule has 1 heterocycles. The summed E-state index contributed by atoms with van der Waals surface area (Å²) < 4.78 is 0. The molecule has 0 bridgehead atoms. The summed E-state index contributed by atoms with van der Waals surface area (Å²) in [6.45, 7) is 4.34. The maximum atomic E-state index is 5.90. The fourth-order valence-corrected chi connectivity index (χ4v) is 1.77. The number of nitrogen functional groups attached to an aromatic ring is 1. The van der Waals surface area contributed by atoms with Crippen LogP contribution in [0.2, 0.25) is 0 Å². The Morgan fingerprint density at radius 1 is 1.29 bits per heavy atom. The lowest BCUT2D eigenvalue weighted by molar-refractivity contribution is 0.313. The van der Waals surface area contributed by atoms with Crippen LogP contribution in [0, 0.1) is 6.07 Å². The third-order valence-electron chi connectivity index (χ3n) is 2.72. The first kappa shape index (κ1) is 9.34. The Morgan fingerprint density at radius 2 is 2.00 bits per heavy atom. The fourth-order valence-electron chi connectivity index (χ4n) is 1.77. The molecule has 0 unspecified atom stereocenters. The van der Waals surface area contributed by atoms with Gasteiger partial charge in [0.1, 0.15) is 0 Å². The summed E-state index contributed by atoms with van der Waals surface area (Å²) in [5.41, 5.74) is 7.88. The Kier molecular flexibility index (Phi) is 2.59. The van der Waals surface area contributed by atoms with E-state index in [9.17, 15) is 0 Å². The van der Waals surface area contributed by atoms with Crippen molar-refractivity contribution in [2.45, 2.75) is 0 Å². The number of rotatable bonds is 1. The molecule has 0 aromatic heterocycles. The lowest BCUT2D eigenvalue weighted by atomic mass is 10.2. The second-order valence-corrected chi connectivity index (χ2v) is 3.78. The molecule has 1 saturated heterocycles. The standard InChI is InChI=1S/C11H16N3/c1-13-6-8-14(9-7-13)11-5-3-2-4-10(11)12/h3-5H,6-9,12H2,1H3. The van der Waals surface area contributed by atoms with Gasteiger partial charge in [-0.05, 0) is 25.2 Å². The predicted molar refractivity (Wildman–Crippen MR) is 59.4 cm³/mol. The average Bonchev–Trinajstić information content (AvgIpc) is 2.20. The first-order chi connectivity index (χ1) is 6.77. The molecule has 0 aliphatic carbocycles. The van der Waals surface area contributed by atoms with Gasteiger partial charge in [-0.15, -0.1) is 0 Å². The number of benzene rings is 1. The molecule has 1 fully saturated rings. The largest absolute Gasteiger partial charge is 0.397 e. The summed E-state index contributed by atoms with van der Waals surface area (Å²) in [7, 11) is 2.15. The quantitative estimate of drug-likeness (QED) is 0.665. The van der Waals surface area contributed by atoms with E-state index in [0.29, 0.717) is 0 Å². The Hall–Kier alpha value is -1.22. The molecule has 75 valence electrons. The molecular formula is C11H16N3. The minimum atomic E-state index is 0.831. The van der Waals surface area contributed by atoms with E-state index in [2.05, 4.69) is 22.9 Å². The zero-order chi connectivity index (χ0) is 9.97. The maximum absolute atomic E-state index is 5.90. The number of nitrogens with two attached hydrogens (primary N) is 1. The molecule has 14 heavy (non-hydrogen) atoms. The Labute approximate surface area is 85.1 Å². The number of piperazine rings is 1. The molecule has 0 spiro atoms. The molecule has 0 atom stereocenters. The SMILES string of the molecule is CN1CCN(c2cc[c]cc2N)CC1. The van der Waals surface area contributed by atoms with Gasteiger partial charge in [0.05, 0.1) is 11.4 Å². The summed E-state index contributed by atoms with van der Waals surface area (Å²) in [5, 5.41) is 0. The third-order valence-corrected chi connectivity index (χ3v) is 2.72. The molecule has 0 saturated carbocycles. The van der Waals surface area contributed by atoms with Crippen molar-refractivity contribution in [3.8, 4) is 0 Å². The molecule has 1 radical (unpaired) electrons. The third kappa shape index (κ3) is 1.82. The van der Waals surface area contributed by atoms with Crippen molar-refractivity contribution in [3.05, 3.63) is 24.3 Å². The highest BCUT2D eigenvalue weighted by Crippen LogP contribution is 2.22. The van der Waals surface area contributed by atoms with E-state index in [-0.39, 0.29) is 0 Å². The fraction of sp³-hybridized carbons (Fsp3) is 0.455. The van der Waals surface area contributed by atoms with Crippen molar-refractivity contribution in [2.24, 2.45) is 0 Å². The minimum absolute atomic E-state index is 0.831. The van der Waals surface area contributed by atoms with Gasteiger partial charge >= 0.3 is 0 Å². The van der Waals surface area contributed by atoms with Gasteiger partial charge < -0.3 is 15.5 Å². The van der Waals surface area contributed by atoms with Crippen LogP contribution in [0.4, 0.5) is 11.4 Å². The lowest BCUT2D eigenvalue weighted by Crippen LogP contribution is -2.44. The highest BCUT2D eigenvalue weighted by Gasteiger charge is 2.15. The first-order valence-electron chi connectivity index (χ1n) is 4.96. The normalized spacial score (nSPS) is 18.5. The first-order valence-corrected chi connectivity index (χ1v) is 4.96. The highest BCUT2D eigenvalue weighted by molar-refractivity contribution is 5.67. The summed E-state index contributed by atoms with van der Waals surface area (Å²) >= 11 is 0. The van der Waals surface area contributed by atoms with Crippen molar-refractivity contribution in [1.29, 1.82) is 0 Å². The van der Waals surface area contributed by atoms with E-state index in [4.69, 9.17) is 5.73 Å². The number of anilines is 2. The van der Waals surface area contributed by atoms with Crippen LogP contribution in [0.15, 0.2) is 18.2 Å². The highest BCUT2D eigenvalue weighted by atomic mass is 15.2. The Balaban J connectivity index is 2.12. The predicted octanol–water partition coefficient (Wildman–Crippen LogP) is 0.821. The number of likely N-dealkylation sites (N-methyl/N-ethyl adjacent to an activating group) is 1. The zero-order valence-electron chi connectivity index (χ0n) is 8.53. The Morgan fingerprint density at radius 3 is 2.64 bits per heavy atom.